The Morgan fingerprint density at radius 3 is 3.00 bits per heavy atom. The quantitative estimate of drug-likeness (QED) is 0.466. The van der Waals surface area contributed by atoms with Crippen LogP contribution in [0, 0.1) is 0 Å². The Bertz CT molecular complexity index is 776. The van der Waals surface area contributed by atoms with Crippen molar-refractivity contribution in [1.29, 1.82) is 0 Å². The average Bonchev–Trinajstić information content (AvgIpc) is 3.09. The van der Waals surface area contributed by atoms with Crippen LogP contribution in [-0.4, -0.2) is 68.1 Å². The lowest BCUT2D eigenvalue weighted by Crippen LogP contribution is -2.38. The summed E-state index contributed by atoms with van der Waals surface area (Å²) in [5, 5.41) is 19.7. The second kappa shape index (κ2) is 6.45. The molecule has 24 heavy (non-hydrogen) atoms. The fraction of sp³-hybridized carbons (Fsp3) is 0.615. The summed E-state index contributed by atoms with van der Waals surface area (Å²) in [6.45, 7) is 1.25. The van der Waals surface area contributed by atoms with E-state index in [1.165, 1.54) is 18.0 Å². The smallest absolute Gasteiger partial charge is 0.280 e. The van der Waals surface area contributed by atoms with Crippen molar-refractivity contribution in [3.05, 3.63) is 16.7 Å². The molecule has 1 aliphatic heterocycles. The van der Waals surface area contributed by atoms with Crippen LogP contribution in [0.5, 0.6) is 0 Å². The Morgan fingerprint density at radius 1 is 1.58 bits per heavy atom. The van der Waals surface area contributed by atoms with Gasteiger partial charge in [0, 0.05) is 7.11 Å². The van der Waals surface area contributed by atoms with Gasteiger partial charge in [-0.1, -0.05) is 0 Å². The van der Waals surface area contributed by atoms with Crippen LogP contribution in [0.1, 0.15) is 13.2 Å². The van der Waals surface area contributed by atoms with Gasteiger partial charge < -0.3 is 30.2 Å². The molecule has 5 atom stereocenters. The summed E-state index contributed by atoms with van der Waals surface area (Å²) < 4.78 is 17.8. The maximum atomic E-state index is 11.9. The summed E-state index contributed by atoms with van der Waals surface area (Å²) in [6.07, 6.45) is -2.97. The van der Waals surface area contributed by atoms with E-state index in [9.17, 15) is 15.0 Å². The van der Waals surface area contributed by atoms with Crippen LogP contribution in [0.2, 0.25) is 0 Å². The zero-order valence-electron chi connectivity index (χ0n) is 13.1. The van der Waals surface area contributed by atoms with Crippen LogP contribution < -0.4 is 11.3 Å². The lowest BCUT2D eigenvalue weighted by Gasteiger charge is -2.24. The Hall–Kier alpha value is -2.05. The molecule has 5 N–H and O–H groups in total. The largest absolute Gasteiger partial charge is 0.394 e. The topological polar surface area (TPSA) is 158 Å². The molecule has 132 valence electrons. The van der Waals surface area contributed by atoms with Gasteiger partial charge in [0.05, 0.1) is 12.9 Å². The lowest BCUT2D eigenvalue weighted by atomic mass is 10.1. The summed E-state index contributed by atoms with van der Waals surface area (Å²) in [5.74, 6) is -0.0748. The van der Waals surface area contributed by atoms with E-state index in [2.05, 4.69) is 15.0 Å². The average molecular weight is 341 g/mol. The van der Waals surface area contributed by atoms with Gasteiger partial charge in [-0.15, -0.1) is 0 Å². The molecule has 0 aliphatic carbocycles. The number of imidazole rings is 1. The van der Waals surface area contributed by atoms with Gasteiger partial charge in [-0.3, -0.25) is 14.3 Å². The number of rotatable bonds is 5. The number of aliphatic hydroxyl groups is 2. The highest BCUT2D eigenvalue weighted by Crippen LogP contribution is 2.33. The lowest BCUT2D eigenvalue weighted by molar-refractivity contribution is -0.181. The molecule has 1 unspecified atom stereocenters. The number of nitrogens with zero attached hydrogens (tertiary/aromatic N) is 3. The van der Waals surface area contributed by atoms with Crippen molar-refractivity contribution in [2.45, 2.75) is 37.8 Å². The van der Waals surface area contributed by atoms with Gasteiger partial charge in [0.25, 0.3) is 5.56 Å². The molecule has 1 fully saturated rings. The molecule has 11 heteroatoms. The summed E-state index contributed by atoms with van der Waals surface area (Å²) in [6, 6.07) is 0. The van der Waals surface area contributed by atoms with E-state index >= 15 is 0 Å². The Morgan fingerprint density at radius 2 is 2.33 bits per heavy atom. The molecule has 3 heterocycles. The molecular weight excluding hydrogens is 322 g/mol. The first kappa shape index (κ1) is 16.8. The number of methoxy groups -OCH3 is 1. The molecule has 2 aromatic heterocycles. The van der Waals surface area contributed by atoms with E-state index in [1.807, 2.05) is 0 Å². The van der Waals surface area contributed by atoms with Crippen molar-refractivity contribution < 1.29 is 24.4 Å². The molecule has 11 nitrogen and oxygen atoms in total. The molecule has 0 amide bonds. The maximum absolute atomic E-state index is 11.9. The number of nitrogens with one attached hydrogen (secondary N) is 1. The standard InChI is InChI=1S/C13H19N5O6/c1-5(22-2)23-9-8(20)6(3-19)24-12(9)18-4-15-7-10(18)16-13(14)17-11(7)21/h4-6,8-9,12,19-20H,3H2,1-2H3,(H3,14,16,17,21)/t5?,6-,8-,9-,12-/m1/s1. The third-order valence-electron chi connectivity index (χ3n) is 3.90. The molecule has 3 rings (SSSR count). The first-order chi connectivity index (χ1) is 11.5. The zero-order valence-corrected chi connectivity index (χ0v) is 13.1. The first-order valence-corrected chi connectivity index (χ1v) is 7.31. The number of fused-ring (bicyclic) bond motifs is 1. The molecule has 0 bridgehead atoms. The monoisotopic (exact) mass is 341 g/mol. The van der Waals surface area contributed by atoms with E-state index in [-0.39, 0.29) is 17.1 Å². The number of nitrogens with two attached hydrogens (primary N) is 1. The third-order valence-corrected chi connectivity index (χ3v) is 3.90. The number of hydrogen-bond acceptors (Lipinski definition) is 9. The summed E-state index contributed by atoms with van der Waals surface area (Å²) in [5.41, 5.74) is 5.35. The number of anilines is 1. The molecule has 0 aromatic carbocycles. The highest BCUT2D eigenvalue weighted by atomic mass is 16.7. The van der Waals surface area contributed by atoms with Gasteiger partial charge >= 0.3 is 0 Å². The number of ether oxygens (including phenoxy) is 3. The molecule has 1 saturated heterocycles. The van der Waals surface area contributed by atoms with Gasteiger partial charge in [0.1, 0.15) is 18.3 Å². The minimum absolute atomic E-state index is 0.0748. The normalized spacial score (nSPS) is 28.5. The zero-order chi connectivity index (χ0) is 17.4. The minimum Gasteiger partial charge on any atom is -0.394 e. The summed E-state index contributed by atoms with van der Waals surface area (Å²) in [7, 11) is 1.46. The van der Waals surface area contributed by atoms with E-state index < -0.39 is 43.0 Å². The number of aromatic nitrogens is 4. The number of aromatic amines is 1. The number of H-pyrrole nitrogens is 1. The van der Waals surface area contributed by atoms with Crippen LogP contribution in [-0.2, 0) is 14.2 Å². The Labute approximate surface area is 136 Å². The highest BCUT2D eigenvalue weighted by Gasteiger charge is 2.46. The van der Waals surface area contributed by atoms with Crippen molar-refractivity contribution in [3.63, 3.8) is 0 Å². The van der Waals surface area contributed by atoms with Crippen molar-refractivity contribution in [1.82, 2.24) is 19.5 Å². The first-order valence-electron chi connectivity index (χ1n) is 7.31. The van der Waals surface area contributed by atoms with Crippen LogP contribution in [0.15, 0.2) is 11.1 Å². The molecule has 0 radical (unpaired) electrons. The van der Waals surface area contributed by atoms with Gasteiger partial charge in [0.15, 0.2) is 23.7 Å². The fourth-order valence-electron chi connectivity index (χ4n) is 2.65. The molecule has 0 saturated carbocycles. The van der Waals surface area contributed by atoms with Crippen LogP contribution in [0.25, 0.3) is 11.2 Å². The molecule has 0 spiro atoms. The van der Waals surface area contributed by atoms with E-state index in [1.54, 1.807) is 6.92 Å². The van der Waals surface area contributed by atoms with E-state index in [0.29, 0.717) is 0 Å². The molecule has 1 aliphatic rings. The second-order valence-corrected chi connectivity index (χ2v) is 5.42. The Balaban J connectivity index is 2.04. The number of nitrogen functional groups attached to an aromatic ring is 1. The third kappa shape index (κ3) is 2.76. The van der Waals surface area contributed by atoms with Crippen LogP contribution in [0.3, 0.4) is 0 Å². The molecule has 2 aromatic rings. The fourth-order valence-corrected chi connectivity index (χ4v) is 2.65. The Kier molecular flexibility index (Phi) is 4.51. The summed E-state index contributed by atoms with van der Waals surface area (Å²) >= 11 is 0. The predicted octanol–water partition coefficient (Wildman–Crippen LogP) is -1.67. The highest BCUT2D eigenvalue weighted by molar-refractivity contribution is 5.70. The van der Waals surface area contributed by atoms with Crippen molar-refractivity contribution >= 4 is 17.1 Å². The van der Waals surface area contributed by atoms with Gasteiger partial charge in [-0.25, -0.2) is 4.98 Å². The number of hydrogen-bond donors (Lipinski definition) is 4. The second-order valence-electron chi connectivity index (χ2n) is 5.42. The van der Waals surface area contributed by atoms with Gasteiger partial charge in [-0.2, -0.15) is 4.98 Å². The SMILES string of the molecule is COC(C)O[C@@H]1[C@H](O)[C@@H](CO)O[C@H]1n1cnc2c(=O)[nH]c(N)nc21. The number of aliphatic hydroxyl groups excluding tert-OH is 2. The van der Waals surface area contributed by atoms with E-state index in [0.717, 1.165) is 0 Å². The molecular formula is C13H19N5O6. The van der Waals surface area contributed by atoms with Crippen molar-refractivity contribution in [3.8, 4) is 0 Å². The van der Waals surface area contributed by atoms with Crippen molar-refractivity contribution in [2.24, 2.45) is 0 Å². The summed E-state index contributed by atoms with van der Waals surface area (Å²) in [4.78, 5) is 22.3. The minimum atomic E-state index is -1.10. The van der Waals surface area contributed by atoms with Crippen LogP contribution in [0.4, 0.5) is 5.95 Å². The van der Waals surface area contributed by atoms with E-state index in [4.69, 9.17) is 19.9 Å². The van der Waals surface area contributed by atoms with Crippen molar-refractivity contribution in [2.75, 3.05) is 19.5 Å². The predicted molar refractivity (Wildman–Crippen MR) is 80.9 cm³/mol. The maximum Gasteiger partial charge on any atom is 0.280 e. The van der Waals surface area contributed by atoms with Crippen LogP contribution >= 0.6 is 0 Å². The van der Waals surface area contributed by atoms with Gasteiger partial charge in [0.2, 0.25) is 5.95 Å². The van der Waals surface area contributed by atoms with Gasteiger partial charge in [-0.05, 0) is 6.92 Å².